The van der Waals surface area contributed by atoms with E-state index in [1.807, 2.05) is 0 Å². The lowest BCUT2D eigenvalue weighted by Crippen LogP contribution is -2.15. The molecule has 1 amide bonds. The molecule has 20 heavy (non-hydrogen) atoms. The van der Waals surface area contributed by atoms with E-state index in [9.17, 15) is 9.18 Å². The van der Waals surface area contributed by atoms with E-state index in [1.165, 1.54) is 18.2 Å². The molecular weight excluding hydrogens is 327 g/mol. The number of nitrogens with zero attached hydrogens (tertiary/aromatic N) is 1. The van der Waals surface area contributed by atoms with Crippen LogP contribution in [-0.2, 0) is 0 Å². The van der Waals surface area contributed by atoms with E-state index in [0.29, 0.717) is 21.5 Å². The summed E-state index contributed by atoms with van der Waals surface area (Å²) in [5.74, 6) is 4.69. The molecule has 0 saturated heterocycles. The highest BCUT2D eigenvalue weighted by atomic mass is 79.9. The Balaban J connectivity index is 2.28. The molecule has 2 rings (SSSR count). The van der Waals surface area contributed by atoms with Gasteiger partial charge >= 0.3 is 0 Å². The number of nitrogen functional groups attached to an aromatic ring is 1. The number of amides is 1. The van der Waals surface area contributed by atoms with Crippen molar-refractivity contribution >= 4 is 33.3 Å². The van der Waals surface area contributed by atoms with Gasteiger partial charge in [-0.05, 0) is 37.3 Å². The van der Waals surface area contributed by atoms with Crippen molar-refractivity contribution in [1.82, 2.24) is 4.98 Å². The van der Waals surface area contributed by atoms with E-state index in [4.69, 9.17) is 5.84 Å². The first-order chi connectivity index (χ1) is 9.49. The van der Waals surface area contributed by atoms with E-state index >= 15 is 0 Å². The first kappa shape index (κ1) is 14.4. The number of rotatable bonds is 3. The van der Waals surface area contributed by atoms with Crippen LogP contribution in [0.2, 0.25) is 0 Å². The van der Waals surface area contributed by atoms with Gasteiger partial charge in [-0.1, -0.05) is 15.9 Å². The van der Waals surface area contributed by atoms with Gasteiger partial charge in [0.1, 0.15) is 11.6 Å². The van der Waals surface area contributed by atoms with Crippen molar-refractivity contribution < 1.29 is 9.18 Å². The van der Waals surface area contributed by atoms with E-state index in [1.54, 1.807) is 19.1 Å². The number of benzene rings is 1. The van der Waals surface area contributed by atoms with Gasteiger partial charge in [0.2, 0.25) is 0 Å². The van der Waals surface area contributed by atoms with Crippen molar-refractivity contribution in [2.45, 2.75) is 6.92 Å². The van der Waals surface area contributed by atoms with Crippen molar-refractivity contribution in [3.63, 3.8) is 0 Å². The Kier molecular flexibility index (Phi) is 4.31. The first-order valence-electron chi connectivity index (χ1n) is 5.71. The monoisotopic (exact) mass is 338 g/mol. The molecule has 0 aliphatic rings. The Morgan fingerprint density at radius 3 is 2.80 bits per heavy atom. The van der Waals surface area contributed by atoms with Crippen molar-refractivity contribution in [3.05, 3.63) is 51.9 Å². The zero-order chi connectivity index (χ0) is 14.7. The van der Waals surface area contributed by atoms with Crippen LogP contribution in [0.25, 0.3) is 0 Å². The number of aromatic nitrogens is 1. The summed E-state index contributed by atoms with van der Waals surface area (Å²) < 4.78 is 14.3. The topological polar surface area (TPSA) is 80.0 Å². The quantitative estimate of drug-likeness (QED) is 0.593. The van der Waals surface area contributed by atoms with E-state index in [-0.39, 0.29) is 5.69 Å². The predicted molar refractivity (Wildman–Crippen MR) is 78.8 cm³/mol. The number of hydrazine groups is 1. The summed E-state index contributed by atoms with van der Waals surface area (Å²) in [6.07, 6.45) is 0. The number of pyridine rings is 1. The smallest absolute Gasteiger partial charge is 0.255 e. The first-order valence-corrected chi connectivity index (χ1v) is 6.50. The molecule has 0 radical (unpaired) electrons. The maximum atomic E-state index is 13.6. The molecule has 0 aliphatic carbocycles. The van der Waals surface area contributed by atoms with Crippen LogP contribution >= 0.6 is 15.9 Å². The average molecular weight is 339 g/mol. The van der Waals surface area contributed by atoms with Gasteiger partial charge < -0.3 is 10.7 Å². The number of carbonyl (C=O) groups is 1. The molecule has 4 N–H and O–H groups in total. The molecule has 1 heterocycles. The van der Waals surface area contributed by atoms with Crippen LogP contribution in [0.5, 0.6) is 0 Å². The Labute approximate surface area is 123 Å². The molecule has 1 aromatic carbocycles. The van der Waals surface area contributed by atoms with Crippen molar-refractivity contribution in [2.24, 2.45) is 5.84 Å². The lowest BCUT2D eigenvalue weighted by molar-refractivity contribution is 0.102. The molecule has 1 aromatic heterocycles. The number of halogens is 2. The Hall–Kier alpha value is -1.99. The highest BCUT2D eigenvalue weighted by Crippen LogP contribution is 2.21. The van der Waals surface area contributed by atoms with Crippen LogP contribution < -0.4 is 16.6 Å². The van der Waals surface area contributed by atoms with Gasteiger partial charge in [-0.3, -0.25) is 4.79 Å². The van der Waals surface area contributed by atoms with E-state index < -0.39 is 11.7 Å². The highest BCUT2D eigenvalue weighted by Gasteiger charge is 2.11. The summed E-state index contributed by atoms with van der Waals surface area (Å²) in [7, 11) is 0. The molecule has 2 aromatic rings. The van der Waals surface area contributed by atoms with Crippen LogP contribution in [0, 0.1) is 12.7 Å². The SMILES string of the molecule is Cc1cc(C(=O)Nc2cc(Br)ccc2F)cc(NN)n1. The van der Waals surface area contributed by atoms with Gasteiger partial charge in [0.05, 0.1) is 5.69 Å². The minimum absolute atomic E-state index is 0.0982. The molecule has 0 bridgehead atoms. The zero-order valence-electron chi connectivity index (χ0n) is 10.6. The lowest BCUT2D eigenvalue weighted by Gasteiger charge is -2.09. The second-order valence-corrected chi connectivity index (χ2v) is 5.02. The summed E-state index contributed by atoms with van der Waals surface area (Å²) in [5, 5.41) is 2.51. The number of anilines is 2. The lowest BCUT2D eigenvalue weighted by atomic mass is 10.2. The maximum absolute atomic E-state index is 13.6. The number of aryl methyl sites for hydroxylation is 1. The Bertz CT molecular complexity index is 663. The molecule has 0 aliphatic heterocycles. The molecule has 5 nitrogen and oxygen atoms in total. The van der Waals surface area contributed by atoms with Crippen LogP contribution in [0.3, 0.4) is 0 Å². The summed E-state index contributed by atoms with van der Waals surface area (Å²) in [6.45, 7) is 1.73. The van der Waals surface area contributed by atoms with Gasteiger partial charge in [-0.25, -0.2) is 15.2 Å². The third-order valence-corrected chi connectivity index (χ3v) is 3.03. The Morgan fingerprint density at radius 1 is 1.35 bits per heavy atom. The zero-order valence-corrected chi connectivity index (χ0v) is 12.2. The standard InChI is InChI=1S/C13H12BrFN4O/c1-7-4-8(5-12(17-7)19-16)13(20)18-11-6-9(14)2-3-10(11)15/h2-6H,16H2,1H3,(H,17,19)(H,18,20). The fourth-order valence-corrected chi connectivity index (χ4v) is 2.02. The predicted octanol–water partition coefficient (Wildman–Crippen LogP) is 2.83. The Morgan fingerprint density at radius 2 is 2.10 bits per heavy atom. The minimum atomic E-state index is -0.510. The van der Waals surface area contributed by atoms with Crippen molar-refractivity contribution in [1.29, 1.82) is 0 Å². The molecule has 0 fully saturated rings. The molecule has 0 saturated carbocycles. The second kappa shape index (κ2) is 5.98. The van der Waals surface area contributed by atoms with E-state index in [2.05, 4.69) is 31.7 Å². The summed E-state index contributed by atoms with van der Waals surface area (Å²) in [5.41, 5.74) is 3.44. The third kappa shape index (κ3) is 3.31. The van der Waals surface area contributed by atoms with Crippen LogP contribution in [0.1, 0.15) is 16.1 Å². The fraction of sp³-hybridized carbons (Fsp3) is 0.0769. The van der Waals surface area contributed by atoms with Crippen LogP contribution in [-0.4, -0.2) is 10.9 Å². The summed E-state index contributed by atoms with van der Waals surface area (Å²) >= 11 is 3.22. The third-order valence-electron chi connectivity index (χ3n) is 2.54. The maximum Gasteiger partial charge on any atom is 0.255 e. The van der Waals surface area contributed by atoms with Crippen molar-refractivity contribution in [3.8, 4) is 0 Å². The second-order valence-electron chi connectivity index (χ2n) is 4.11. The largest absolute Gasteiger partial charge is 0.319 e. The molecule has 0 unspecified atom stereocenters. The highest BCUT2D eigenvalue weighted by molar-refractivity contribution is 9.10. The molecule has 0 spiro atoms. The number of nitrogens with one attached hydrogen (secondary N) is 2. The normalized spacial score (nSPS) is 10.2. The summed E-state index contributed by atoms with van der Waals surface area (Å²) in [4.78, 5) is 16.2. The van der Waals surface area contributed by atoms with Crippen molar-refractivity contribution in [2.75, 3.05) is 10.7 Å². The number of hydrogen-bond donors (Lipinski definition) is 3. The van der Waals surface area contributed by atoms with Gasteiger partial charge in [-0.15, -0.1) is 0 Å². The van der Waals surface area contributed by atoms with Gasteiger partial charge in [0.15, 0.2) is 0 Å². The number of nitrogens with two attached hydrogens (primary N) is 1. The number of carbonyl (C=O) groups excluding carboxylic acids is 1. The molecule has 7 heteroatoms. The van der Waals surface area contributed by atoms with Gasteiger partial charge in [0, 0.05) is 15.7 Å². The van der Waals surface area contributed by atoms with E-state index in [0.717, 1.165) is 0 Å². The van der Waals surface area contributed by atoms with Crippen LogP contribution in [0.15, 0.2) is 34.8 Å². The van der Waals surface area contributed by atoms with Crippen LogP contribution in [0.4, 0.5) is 15.9 Å². The fourth-order valence-electron chi connectivity index (χ4n) is 1.66. The summed E-state index contributed by atoms with van der Waals surface area (Å²) in [6, 6.07) is 7.38. The number of hydrogen-bond acceptors (Lipinski definition) is 4. The molecule has 0 atom stereocenters. The van der Waals surface area contributed by atoms with Gasteiger partial charge in [0.25, 0.3) is 5.91 Å². The molecule has 104 valence electrons. The van der Waals surface area contributed by atoms with Gasteiger partial charge in [-0.2, -0.15) is 0 Å². The minimum Gasteiger partial charge on any atom is -0.319 e. The average Bonchev–Trinajstić information content (AvgIpc) is 2.42. The molecular formula is C13H12BrFN4O.